The quantitative estimate of drug-likeness (QED) is 0.651. The summed E-state index contributed by atoms with van der Waals surface area (Å²) in [6.45, 7) is 2.63. The highest BCUT2D eigenvalue weighted by atomic mass is 79.9. The summed E-state index contributed by atoms with van der Waals surface area (Å²) in [6.07, 6.45) is 0. The molecule has 2 aromatic carbocycles. The molecule has 0 aliphatic rings. The second-order valence-corrected chi connectivity index (χ2v) is 6.16. The summed E-state index contributed by atoms with van der Waals surface area (Å²) in [4.78, 5) is 16.8. The topological polar surface area (TPSA) is 60.7 Å². The van der Waals surface area contributed by atoms with Crippen LogP contribution in [0.1, 0.15) is 11.1 Å². The van der Waals surface area contributed by atoms with E-state index in [9.17, 15) is 4.79 Å². The zero-order valence-electron chi connectivity index (χ0n) is 11.3. The molecule has 4 nitrogen and oxygen atoms in total. The second kappa shape index (κ2) is 5.58. The Morgan fingerprint density at radius 3 is 2.62 bits per heavy atom. The van der Waals surface area contributed by atoms with Crippen molar-refractivity contribution in [1.82, 2.24) is 9.97 Å². The van der Waals surface area contributed by atoms with Crippen molar-refractivity contribution < 1.29 is 0 Å². The van der Waals surface area contributed by atoms with E-state index in [2.05, 4.69) is 31.2 Å². The zero-order valence-corrected chi connectivity index (χ0v) is 13.6. The molecule has 21 heavy (non-hydrogen) atoms. The van der Waals surface area contributed by atoms with Crippen molar-refractivity contribution in [3.8, 4) is 0 Å². The number of H-pyrrole nitrogens is 2. The van der Waals surface area contributed by atoms with Crippen LogP contribution in [0.15, 0.2) is 39.6 Å². The first-order valence-corrected chi connectivity index (χ1v) is 7.60. The Bertz CT molecular complexity index is 869. The van der Waals surface area contributed by atoms with E-state index >= 15 is 0 Å². The van der Waals surface area contributed by atoms with Crippen LogP contribution in [0, 0.1) is 6.92 Å². The lowest BCUT2D eigenvalue weighted by atomic mass is 10.1. The van der Waals surface area contributed by atoms with Gasteiger partial charge >= 0.3 is 5.69 Å². The standard InChI is InChI=1S/C15H13BrClN3O/c1-8-2-3-9(4-11(8)17)7-18-12-6-14-13(5-10(12)16)19-15(21)20-14/h2-6,18H,7H2,1H3,(H2,19,20,21). The number of imidazole rings is 1. The fourth-order valence-electron chi connectivity index (χ4n) is 2.14. The maximum atomic E-state index is 11.3. The van der Waals surface area contributed by atoms with Crippen LogP contribution >= 0.6 is 27.5 Å². The van der Waals surface area contributed by atoms with Gasteiger partial charge in [-0.25, -0.2) is 4.79 Å². The molecule has 0 amide bonds. The van der Waals surface area contributed by atoms with Gasteiger partial charge in [0, 0.05) is 16.0 Å². The molecule has 1 heterocycles. The summed E-state index contributed by atoms with van der Waals surface area (Å²) in [6, 6.07) is 9.76. The van der Waals surface area contributed by atoms with Crippen LogP contribution in [-0.4, -0.2) is 9.97 Å². The zero-order chi connectivity index (χ0) is 15.0. The first-order valence-electron chi connectivity index (χ1n) is 6.43. The number of fused-ring (bicyclic) bond motifs is 1. The van der Waals surface area contributed by atoms with Gasteiger partial charge in [-0.1, -0.05) is 23.7 Å². The molecule has 0 unspecified atom stereocenters. The molecule has 0 bridgehead atoms. The van der Waals surface area contributed by atoms with Gasteiger partial charge in [-0.3, -0.25) is 0 Å². The van der Waals surface area contributed by atoms with Gasteiger partial charge in [-0.15, -0.1) is 0 Å². The lowest BCUT2D eigenvalue weighted by Gasteiger charge is -2.10. The number of aromatic nitrogens is 2. The number of rotatable bonds is 3. The third-order valence-corrected chi connectivity index (χ3v) is 4.39. The van der Waals surface area contributed by atoms with Crippen molar-refractivity contribution in [3.63, 3.8) is 0 Å². The minimum atomic E-state index is -0.209. The van der Waals surface area contributed by atoms with Crippen LogP contribution in [0.3, 0.4) is 0 Å². The largest absolute Gasteiger partial charge is 0.380 e. The van der Waals surface area contributed by atoms with E-state index < -0.39 is 0 Å². The van der Waals surface area contributed by atoms with Gasteiger partial charge in [0.15, 0.2) is 0 Å². The summed E-state index contributed by atoms with van der Waals surface area (Å²) in [5.74, 6) is 0. The van der Waals surface area contributed by atoms with Crippen molar-refractivity contribution in [3.05, 3.63) is 61.4 Å². The van der Waals surface area contributed by atoms with Gasteiger partial charge in [-0.05, 0) is 52.2 Å². The Morgan fingerprint density at radius 1 is 1.19 bits per heavy atom. The van der Waals surface area contributed by atoms with E-state index in [0.29, 0.717) is 6.54 Å². The molecule has 0 fully saturated rings. The maximum absolute atomic E-state index is 11.3. The molecule has 6 heteroatoms. The van der Waals surface area contributed by atoms with E-state index in [0.717, 1.165) is 37.3 Å². The number of anilines is 1. The fourth-order valence-corrected chi connectivity index (χ4v) is 2.82. The predicted octanol–water partition coefficient (Wildman–Crippen LogP) is 4.19. The monoisotopic (exact) mass is 365 g/mol. The molecule has 0 saturated heterocycles. The molecular weight excluding hydrogens is 354 g/mol. The Hall–Kier alpha value is -1.72. The molecule has 1 aromatic heterocycles. The molecule has 108 valence electrons. The number of aromatic amines is 2. The van der Waals surface area contributed by atoms with Crippen LogP contribution < -0.4 is 11.0 Å². The molecule has 0 radical (unpaired) electrons. The van der Waals surface area contributed by atoms with Crippen LogP contribution in [0.5, 0.6) is 0 Å². The summed E-state index contributed by atoms with van der Waals surface area (Å²) in [5, 5.41) is 4.10. The predicted molar refractivity (Wildman–Crippen MR) is 90.1 cm³/mol. The van der Waals surface area contributed by atoms with Gasteiger partial charge in [0.25, 0.3) is 0 Å². The van der Waals surface area contributed by atoms with E-state index in [-0.39, 0.29) is 5.69 Å². The minimum absolute atomic E-state index is 0.209. The van der Waals surface area contributed by atoms with Crippen LogP contribution in [-0.2, 0) is 6.54 Å². The number of hydrogen-bond acceptors (Lipinski definition) is 2. The molecular formula is C15H13BrClN3O. The van der Waals surface area contributed by atoms with Crippen molar-refractivity contribution in [2.24, 2.45) is 0 Å². The van der Waals surface area contributed by atoms with Gasteiger partial charge in [0.05, 0.1) is 16.7 Å². The molecule has 3 N–H and O–H groups in total. The summed E-state index contributed by atoms with van der Waals surface area (Å²) >= 11 is 9.63. The number of benzene rings is 2. The third-order valence-electron chi connectivity index (χ3n) is 3.32. The molecule has 0 aliphatic carbocycles. The van der Waals surface area contributed by atoms with E-state index in [1.807, 2.05) is 37.3 Å². The molecule has 3 aromatic rings. The number of hydrogen-bond donors (Lipinski definition) is 3. The number of aryl methyl sites for hydroxylation is 1. The number of nitrogens with one attached hydrogen (secondary N) is 3. The van der Waals surface area contributed by atoms with Crippen molar-refractivity contribution >= 4 is 44.3 Å². The number of halogens is 2. The normalized spacial score (nSPS) is 11.0. The van der Waals surface area contributed by atoms with Gasteiger partial charge < -0.3 is 15.3 Å². The van der Waals surface area contributed by atoms with Crippen molar-refractivity contribution in [2.75, 3.05) is 5.32 Å². The highest BCUT2D eigenvalue weighted by Gasteiger charge is 2.06. The van der Waals surface area contributed by atoms with Crippen LogP contribution in [0.25, 0.3) is 11.0 Å². The molecule has 3 rings (SSSR count). The Kier molecular flexibility index (Phi) is 3.78. The molecule has 0 atom stereocenters. The molecule has 0 spiro atoms. The first-order chi connectivity index (χ1) is 10.0. The summed E-state index contributed by atoms with van der Waals surface area (Å²) in [5.41, 5.74) is 4.41. The minimum Gasteiger partial charge on any atom is -0.380 e. The second-order valence-electron chi connectivity index (χ2n) is 4.89. The third kappa shape index (κ3) is 2.99. The van der Waals surface area contributed by atoms with Gasteiger partial charge in [-0.2, -0.15) is 0 Å². The van der Waals surface area contributed by atoms with Crippen molar-refractivity contribution in [2.45, 2.75) is 13.5 Å². The lowest BCUT2D eigenvalue weighted by Crippen LogP contribution is -2.00. The molecule has 0 aliphatic heterocycles. The fraction of sp³-hybridized carbons (Fsp3) is 0.133. The smallest absolute Gasteiger partial charge is 0.323 e. The van der Waals surface area contributed by atoms with E-state index in [1.54, 1.807) is 0 Å². The molecule has 0 saturated carbocycles. The summed E-state index contributed by atoms with van der Waals surface area (Å²) in [7, 11) is 0. The Morgan fingerprint density at radius 2 is 1.90 bits per heavy atom. The highest BCUT2D eigenvalue weighted by molar-refractivity contribution is 9.10. The van der Waals surface area contributed by atoms with Crippen LogP contribution in [0.2, 0.25) is 5.02 Å². The van der Waals surface area contributed by atoms with E-state index in [1.165, 1.54) is 0 Å². The lowest BCUT2D eigenvalue weighted by molar-refractivity contribution is 1.14. The van der Waals surface area contributed by atoms with Crippen LogP contribution in [0.4, 0.5) is 5.69 Å². The van der Waals surface area contributed by atoms with E-state index in [4.69, 9.17) is 11.6 Å². The average Bonchev–Trinajstić information content (AvgIpc) is 2.79. The summed E-state index contributed by atoms with van der Waals surface area (Å²) < 4.78 is 0.892. The van der Waals surface area contributed by atoms with Gasteiger partial charge in [0.1, 0.15) is 0 Å². The average molecular weight is 367 g/mol. The van der Waals surface area contributed by atoms with Crippen molar-refractivity contribution in [1.29, 1.82) is 0 Å². The SMILES string of the molecule is Cc1ccc(CNc2cc3[nH]c(=O)[nH]c3cc2Br)cc1Cl. The maximum Gasteiger partial charge on any atom is 0.323 e. The Balaban J connectivity index is 1.85. The Labute approximate surface area is 134 Å². The highest BCUT2D eigenvalue weighted by Crippen LogP contribution is 2.27. The first kappa shape index (κ1) is 14.2. The van der Waals surface area contributed by atoms with Gasteiger partial charge in [0.2, 0.25) is 0 Å².